The number of nitrogens with one attached hydrogen (secondary N) is 1. The Balaban J connectivity index is 1.32. The van der Waals surface area contributed by atoms with Crippen molar-refractivity contribution >= 4 is 5.91 Å². The molecule has 0 spiro atoms. The van der Waals surface area contributed by atoms with Crippen LogP contribution >= 0.6 is 0 Å². The molecule has 1 amide bonds. The summed E-state index contributed by atoms with van der Waals surface area (Å²) in [7, 11) is 0. The summed E-state index contributed by atoms with van der Waals surface area (Å²) in [6.45, 7) is 3.70. The number of ether oxygens (including phenoxy) is 3. The highest BCUT2D eigenvalue weighted by atomic mass is 16.6. The molecular formula is C21H25NO4. The molecule has 2 atom stereocenters. The fourth-order valence-electron chi connectivity index (χ4n) is 2.83. The summed E-state index contributed by atoms with van der Waals surface area (Å²) in [5.41, 5.74) is 1.27. The summed E-state index contributed by atoms with van der Waals surface area (Å²) in [6.07, 6.45) is 0.701. The third-order valence-corrected chi connectivity index (χ3v) is 4.24. The molecule has 0 saturated heterocycles. The molecule has 1 aliphatic heterocycles. The van der Waals surface area contributed by atoms with Gasteiger partial charge in [0.1, 0.15) is 6.10 Å². The fourth-order valence-corrected chi connectivity index (χ4v) is 2.83. The van der Waals surface area contributed by atoms with E-state index in [2.05, 4.69) is 17.4 Å². The largest absolute Gasteiger partial charge is 0.482 e. The fraction of sp³-hybridized carbons (Fsp3) is 0.381. The van der Waals surface area contributed by atoms with Crippen molar-refractivity contribution in [2.24, 2.45) is 0 Å². The Morgan fingerprint density at radius 1 is 1.00 bits per heavy atom. The van der Waals surface area contributed by atoms with E-state index in [1.165, 1.54) is 5.56 Å². The number of para-hydroxylation sites is 2. The lowest BCUT2D eigenvalue weighted by atomic mass is 10.1. The van der Waals surface area contributed by atoms with Crippen LogP contribution < -0.4 is 14.8 Å². The van der Waals surface area contributed by atoms with Crippen molar-refractivity contribution < 1.29 is 19.0 Å². The molecule has 5 nitrogen and oxygen atoms in total. The van der Waals surface area contributed by atoms with E-state index in [0.717, 1.165) is 12.8 Å². The maximum absolute atomic E-state index is 12.3. The van der Waals surface area contributed by atoms with E-state index in [-0.39, 0.29) is 12.0 Å². The number of benzene rings is 2. The first kappa shape index (κ1) is 18.3. The molecule has 1 aliphatic rings. The number of hydrogen-bond donors (Lipinski definition) is 1. The zero-order chi connectivity index (χ0) is 18.2. The molecule has 26 heavy (non-hydrogen) atoms. The molecule has 138 valence electrons. The van der Waals surface area contributed by atoms with Gasteiger partial charge >= 0.3 is 0 Å². The van der Waals surface area contributed by atoms with Crippen LogP contribution in [0.1, 0.15) is 18.9 Å². The Morgan fingerprint density at radius 3 is 2.46 bits per heavy atom. The molecule has 1 heterocycles. The van der Waals surface area contributed by atoms with Crippen molar-refractivity contribution in [3.63, 3.8) is 0 Å². The van der Waals surface area contributed by atoms with Crippen LogP contribution in [0.15, 0.2) is 54.6 Å². The molecule has 0 aliphatic carbocycles. The Bertz CT molecular complexity index is 704. The summed E-state index contributed by atoms with van der Waals surface area (Å²) < 4.78 is 17.2. The number of amides is 1. The van der Waals surface area contributed by atoms with Crippen molar-refractivity contribution in [1.29, 1.82) is 0 Å². The Morgan fingerprint density at radius 2 is 1.69 bits per heavy atom. The van der Waals surface area contributed by atoms with Gasteiger partial charge in [-0.05, 0) is 37.5 Å². The van der Waals surface area contributed by atoms with E-state index in [1.54, 1.807) is 0 Å². The van der Waals surface area contributed by atoms with E-state index in [4.69, 9.17) is 14.2 Å². The molecule has 0 radical (unpaired) electrons. The average molecular weight is 355 g/mol. The minimum atomic E-state index is -0.635. The van der Waals surface area contributed by atoms with Gasteiger partial charge in [0.05, 0.1) is 6.61 Å². The molecule has 0 saturated carbocycles. The van der Waals surface area contributed by atoms with Crippen molar-refractivity contribution in [3.8, 4) is 11.5 Å². The van der Waals surface area contributed by atoms with Gasteiger partial charge in [-0.1, -0.05) is 42.5 Å². The van der Waals surface area contributed by atoms with Gasteiger partial charge in [0, 0.05) is 13.2 Å². The maximum Gasteiger partial charge on any atom is 0.265 e. The normalized spacial score (nSPS) is 18.3. The predicted molar refractivity (Wildman–Crippen MR) is 99.5 cm³/mol. The third-order valence-electron chi connectivity index (χ3n) is 4.24. The Labute approximate surface area is 154 Å². The number of rotatable bonds is 8. The second-order valence-electron chi connectivity index (χ2n) is 6.30. The topological polar surface area (TPSA) is 56.8 Å². The number of fused-ring (bicyclic) bond motifs is 1. The van der Waals surface area contributed by atoms with Crippen LogP contribution in [0.4, 0.5) is 0 Å². The average Bonchev–Trinajstić information content (AvgIpc) is 2.67. The molecule has 0 bridgehead atoms. The quantitative estimate of drug-likeness (QED) is 0.740. The van der Waals surface area contributed by atoms with Crippen LogP contribution in [0.5, 0.6) is 11.5 Å². The van der Waals surface area contributed by atoms with Gasteiger partial charge in [-0.25, -0.2) is 0 Å². The molecule has 2 aromatic carbocycles. The van der Waals surface area contributed by atoms with Crippen molar-refractivity contribution in [2.75, 3.05) is 19.8 Å². The molecular weight excluding hydrogens is 330 g/mol. The second-order valence-corrected chi connectivity index (χ2v) is 6.30. The number of carbonyl (C=O) groups excluding carboxylic acids is 1. The van der Waals surface area contributed by atoms with Gasteiger partial charge < -0.3 is 19.5 Å². The predicted octanol–water partition coefficient (Wildman–Crippen LogP) is 2.98. The first-order chi connectivity index (χ1) is 12.7. The molecule has 1 N–H and O–H groups in total. The first-order valence-electron chi connectivity index (χ1n) is 9.06. The van der Waals surface area contributed by atoms with Gasteiger partial charge in [0.25, 0.3) is 5.91 Å². The highest BCUT2D eigenvalue weighted by molar-refractivity contribution is 5.82. The monoisotopic (exact) mass is 355 g/mol. The lowest BCUT2D eigenvalue weighted by molar-refractivity contribution is -0.133. The molecule has 0 fully saturated rings. The highest BCUT2D eigenvalue weighted by Crippen LogP contribution is 2.33. The van der Waals surface area contributed by atoms with E-state index < -0.39 is 6.10 Å². The summed E-state index contributed by atoms with van der Waals surface area (Å²) in [5.74, 6) is 1.13. The smallest absolute Gasteiger partial charge is 0.265 e. The SMILES string of the molecule is C[C@@H]1Oc2ccccc2O[C@@H]1C(=O)NCCCOCCc1ccccc1. The molecule has 0 unspecified atom stereocenters. The van der Waals surface area contributed by atoms with Crippen LogP contribution in [-0.2, 0) is 16.0 Å². The molecule has 3 rings (SSSR count). The summed E-state index contributed by atoms with van der Waals surface area (Å²) in [6, 6.07) is 17.6. The van der Waals surface area contributed by atoms with Gasteiger partial charge in [0.2, 0.25) is 6.10 Å². The van der Waals surface area contributed by atoms with E-state index in [9.17, 15) is 4.79 Å². The maximum atomic E-state index is 12.3. The second kappa shape index (κ2) is 9.25. The van der Waals surface area contributed by atoms with Gasteiger partial charge in [-0.15, -0.1) is 0 Å². The van der Waals surface area contributed by atoms with Crippen LogP contribution in [0.3, 0.4) is 0 Å². The van der Waals surface area contributed by atoms with Crippen LogP contribution in [0.25, 0.3) is 0 Å². The molecule has 0 aromatic heterocycles. The summed E-state index contributed by atoms with van der Waals surface area (Å²) in [4.78, 5) is 12.3. The van der Waals surface area contributed by atoms with E-state index >= 15 is 0 Å². The number of carbonyl (C=O) groups is 1. The van der Waals surface area contributed by atoms with Crippen molar-refractivity contribution in [3.05, 3.63) is 60.2 Å². The third kappa shape index (κ3) is 4.99. The lowest BCUT2D eigenvalue weighted by Gasteiger charge is -2.31. The van der Waals surface area contributed by atoms with Crippen LogP contribution in [-0.4, -0.2) is 37.9 Å². The van der Waals surface area contributed by atoms with Crippen LogP contribution in [0.2, 0.25) is 0 Å². The van der Waals surface area contributed by atoms with Gasteiger partial charge in [0.15, 0.2) is 11.5 Å². The summed E-state index contributed by atoms with van der Waals surface area (Å²) >= 11 is 0. The minimum Gasteiger partial charge on any atom is -0.482 e. The van der Waals surface area contributed by atoms with E-state index in [1.807, 2.05) is 49.4 Å². The van der Waals surface area contributed by atoms with Crippen LogP contribution in [0, 0.1) is 0 Å². The van der Waals surface area contributed by atoms with Crippen molar-refractivity contribution in [1.82, 2.24) is 5.32 Å². The summed E-state index contributed by atoms with van der Waals surface area (Å²) in [5, 5.41) is 2.90. The molecule has 5 heteroatoms. The zero-order valence-electron chi connectivity index (χ0n) is 15.0. The first-order valence-corrected chi connectivity index (χ1v) is 9.06. The van der Waals surface area contributed by atoms with E-state index in [0.29, 0.717) is 31.3 Å². The Kier molecular flexibility index (Phi) is 6.50. The molecule has 2 aromatic rings. The minimum absolute atomic E-state index is 0.156. The highest BCUT2D eigenvalue weighted by Gasteiger charge is 2.33. The van der Waals surface area contributed by atoms with Gasteiger partial charge in [-0.2, -0.15) is 0 Å². The standard InChI is InChI=1S/C21H25NO4/c1-16-20(26-19-11-6-5-10-18(19)25-16)21(23)22-13-7-14-24-15-12-17-8-3-2-4-9-17/h2-6,8-11,16,20H,7,12-15H2,1H3,(H,22,23)/t16-,20-/m0/s1. The Hall–Kier alpha value is -2.53. The number of hydrogen-bond acceptors (Lipinski definition) is 4. The van der Waals surface area contributed by atoms with Gasteiger partial charge in [-0.3, -0.25) is 4.79 Å². The lowest BCUT2D eigenvalue weighted by Crippen LogP contribution is -2.49. The van der Waals surface area contributed by atoms with Crippen molar-refractivity contribution in [2.45, 2.75) is 32.0 Å². The zero-order valence-corrected chi connectivity index (χ0v) is 15.0.